The minimum absolute atomic E-state index is 0.0553. The number of nitrogens with two attached hydrogens (primary N) is 2. The van der Waals surface area contributed by atoms with E-state index in [0.717, 1.165) is 16.2 Å². The molecule has 17 nitrogen and oxygen atoms in total. The lowest BCUT2D eigenvalue weighted by Gasteiger charge is -2.49. The van der Waals surface area contributed by atoms with Gasteiger partial charge in [0.05, 0.1) is 11.3 Å². The van der Waals surface area contributed by atoms with Crippen LogP contribution in [0.15, 0.2) is 46.5 Å². The summed E-state index contributed by atoms with van der Waals surface area (Å²) in [5, 5.41) is 35.9. The Bertz CT molecular complexity index is 1670. The fourth-order valence-corrected chi connectivity index (χ4v) is 6.35. The smallest absolute Gasteiger partial charge is 0.352 e. The second-order valence-electron chi connectivity index (χ2n) is 10.6. The van der Waals surface area contributed by atoms with Crippen LogP contribution in [0.3, 0.4) is 0 Å². The fourth-order valence-electron chi connectivity index (χ4n) is 4.40. The van der Waals surface area contributed by atoms with Crippen LogP contribution in [0.4, 0.5) is 16.6 Å². The third-order valence-corrected chi connectivity index (χ3v) is 8.90. The van der Waals surface area contributed by atoms with Gasteiger partial charge in [-0.3, -0.25) is 19.3 Å². The molecule has 0 aliphatic carbocycles. The summed E-state index contributed by atoms with van der Waals surface area (Å²) in [4.78, 5) is 76.2. The summed E-state index contributed by atoms with van der Waals surface area (Å²) in [6.45, 7) is 2.15. The topological polar surface area (TPSA) is 265 Å². The highest BCUT2D eigenvalue weighted by Gasteiger charge is 2.54. The van der Waals surface area contributed by atoms with Crippen molar-refractivity contribution in [3.05, 3.63) is 47.0 Å². The number of carbonyl (C=O) groups is 5. The Labute approximate surface area is 269 Å². The molecule has 0 spiro atoms. The third-order valence-electron chi connectivity index (χ3n) is 6.83. The van der Waals surface area contributed by atoms with Crippen molar-refractivity contribution in [2.75, 3.05) is 35.7 Å². The summed E-state index contributed by atoms with van der Waals surface area (Å²) < 4.78 is 1.59. The lowest BCUT2D eigenvalue weighted by molar-refractivity contribution is -0.691. The molecule has 4 rings (SSSR count). The zero-order valence-electron chi connectivity index (χ0n) is 24.6. The number of carboxylic acid groups (broad SMARTS) is 2. The van der Waals surface area contributed by atoms with E-state index in [-0.39, 0.29) is 53.3 Å². The van der Waals surface area contributed by atoms with Crippen molar-refractivity contribution in [2.45, 2.75) is 37.8 Å². The molecule has 1 fully saturated rings. The molecule has 2 aliphatic rings. The maximum atomic E-state index is 13.4. The Morgan fingerprint density at radius 3 is 2.65 bits per heavy atom. The van der Waals surface area contributed by atoms with E-state index in [0.29, 0.717) is 11.3 Å². The second-order valence-corrected chi connectivity index (χ2v) is 12.6. The number of Topliss-reactive ketones (excluding diaryl/α,β-unsaturated/α-hetero) is 1. The van der Waals surface area contributed by atoms with Crippen LogP contribution < -0.4 is 21.4 Å². The van der Waals surface area contributed by atoms with Crippen molar-refractivity contribution in [1.29, 1.82) is 0 Å². The number of aliphatic carboxylic acids is 2. The second kappa shape index (κ2) is 14.0. The molecule has 1 unspecified atom stereocenters. The van der Waals surface area contributed by atoms with Crippen LogP contribution in [-0.2, 0) is 35.4 Å². The molecule has 0 aromatic carbocycles. The first-order valence-corrected chi connectivity index (χ1v) is 15.5. The largest absolute Gasteiger partial charge is 0.478 e. The molecule has 2 aromatic rings. The van der Waals surface area contributed by atoms with Crippen molar-refractivity contribution < 1.29 is 48.7 Å². The predicted octanol–water partition coefficient (Wildman–Crippen LogP) is -0.367. The highest BCUT2D eigenvalue weighted by molar-refractivity contribution is 8.00. The number of aliphatic hydroxyl groups excluding tert-OH is 1. The molecule has 2 aromatic heterocycles. The number of aliphatic hydroxyl groups is 1. The third kappa shape index (κ3) is 7.49. The number of thioether (sulfide) groups is 1. The molecule has 4 heterocycles. The van der Waals surface area contributed by atoms with Crippen LogP contribution in [0.5, 0.6) is 0 Å². The van der Waals surface area contributed by atoms with Crippen LogP contribution in [-0.4, -0.2) is 95.2 Å². The first-order chi connectivity index (χ1) is 21.7. The summed E-state index contributed by atoms with van der Waals surface area (Å²) in [6, 6.07) is 0. The zero-order chi connectivity index (χ0) is 33.8. The number of carboxylic acids is 2. The number of hydrogen-bond acceptors (Lipinski definition) is 15. The van der Waals surface area contributed by atoms with E-state index < -0.39 is 52.9 Å². The quantitative estimate of drug-likeness (QED) is 0.0462. The van der Waals surface area contributed by atoms with E-state index >= 15 is 0 Å². The van der Waals surface area contributed by atoms with Crippen molar-refractivity contribution in [3.63, 3.8) is 0 Å². The van der Waals surface area contributed by atoms with Gasteiger partial charge in [-0.15, -0.1) is 23.1 Å². The number of carbonyl (C=O) groups excluding carboxylic acids is 3. The number of rotatable bonds is 15. The Morgan fingerprint density at radius 1 is 1.28 bits per heavy atom. The molecule has 2 aliphatic heterocycles. The van der Waals surface area contributed by atoms with Gasteiger partial charge in [-0.25, -0.2) is 19.1 Å². The first kappa shape index (κ1) is 34.0. The molecule has 1 amide bonds. The number of fused-ring (bicyclic) bond motifs is 1. The predicted molar refractivity (Wildman–Crippen MR) is 165 cm³/mol. The number of oxime groups is 1. The summed E-state index contributed by atoms with van der Waals surface area (Å²) in [5.74, 6) is -4.82. The Kier molecular flexibility index (Phi) is 10.4. The van der Waals surface area contributed by atoms with Crippen LogP contribution in [0, 0.1) is 5.92 Å². The van der Waals surface area contributed by atoms with Gasteiger partial charge in [-0.1, -0.05) is 11.2 Å². The molecule has 0 saturated carbocycles. The van der Waals surface area contributed by atoms with Crippen LogP contribution >= 0.6 is 23.1 Å². The van der Waals surface area contributed by atoms with Crippen molar-refractivity contribution in [2.24, 2.45) is 11.1 Å². The number of anilines is 3. The minimum atomic E-state index is -1.76. The van der Waals surface area contributed by atoms with E-state index in [9.17, 15) is 34.2 Å². The Balaban J connectivity index is 1.51. The van der Waals surface area contributed by atoms with E-state index in [1.165, 1.54) is 49.5 Å². The summed E-state index contributed by atoms with van der Waals surface area (Å²) in [6.07, 6.45) is 5.38. The normalized spacial score (nSPS) is 18.3. The number of nitrogens with zero attached hydrogens (tertiary/aromatic N) is 5. The highest BCUT2D eigenvalue weighted by atomic mass is 32.2. The standard InChI is InChI=1S/C27H30N8O9S2/c1-27(2,25(42)43)44-33-19(17-11-46-26(29)32-17)18(38)6-15-22(39)35-20(24(40)41)13(10-45-23(15)35)7-34-8-16(21(28)31-12-34)30-5-3-4-14(37)9-36/h3-4,8,11-12,15,23,28,30,36H,5-7,9-10H2,1-2H3,(H4,29,32,40,41,42,43)/p+1/b4-3+,33-19-/t15-,23?/m1/s1. The van der Waals surface area contributed by atoms with Crippen LogP contribution in [0.25, 0.3) is 0 Å². The Hall–Kier alpha value is -4.88. The van der Waals surface area contributed by atoms with Gasteiger partial charge in [0.15, 0.2) is 22.4 Å². The number of amides is 1. The van der Waals surface area contributed by atoms with Gasteiger partial charge in [0.1, 0.15) is 36.4 Å². The number of hydrogen-bond donors (Lipinski definition) is 6. The number of β-lactam (4-membered cyclic amide) rings is 1. The average molecular weight is 676 g/mol. The lowest BCUT2D eigenvalue weighted by Crippen LogP contribution is -2.62. The molecule has 2 atom stereocenters. The monoisotopic (exact) mass is 675 g/mol. The lowest BCUT2D eigenvalue weighted by atomic mass is 9.89. The fraction of sp³-hybridized carbons (Fsp3) is 0.370. The summed E-state index contributed by atoms with van der Waals surface area (Å²) in [7, 11) is 0. The molecule has 19 heteroatoms. The van der Waals surface area contributed by atoms with Gasteiger partial charge in [-0.2, -0.15) is 0 Å². The molecule has 0 bridgehead atoms. The van der Waals surface area contributed by atoms with E-state index in [4.69, 9.17) is 21.4 Å². The Morgan fingerprint density at radius 2 is 2.02 bits per heavy atom. The number of nitrogens with one attached hydrogen (secondary N) is 1. The maximum Gasteiger partial charge on any atom is 0.352 e. The van der Waals surface area contributed by atoms with Gasteiger partial charge in [0.2, 0.25) is 11.5 Å². The van der Waals surface area contributed by atoms with Crippen molar-refractivity contribution in [3.8, 4) is 0 Å². The number of thiazole rings is 1. The van der Waals surface area contributed by atoms with E-state index in [1.54, 1.807) is 10.8 Å². The molecule has 1 saturated heterocycles. The van der Waals surface area contributed by atoms with Gasteiger partial charge in [0, 0.05) is 29.7 Å². The summed E-state index contributed by atoms with van der Waals surface area (Å²) >= 11 is 2.32. The molecule has 46 heavy (non-hydrogen) atoms. The van der Waals surface area contributed by atoms with Gasteiger partial charge in [-0.05, 0) is 24.9 Å². The molecule has 0 radical (unpaired) electrons. The molecular formula is C27H31N8O9S2+. The van der Waals surface area contributed by atoms with E-state index in [1.807, 2.05) is 0 Å². The minimum Gasteiger partial charge on any atom is -0.478 e. The van der Waals surface area contributed by atoms with Crippen LogP contribution in [0.1, 0.15) is 26.0 Å². The molecule has 8 N–H and O–H groups in total. The maximum absolute atomic E-state index is 13.4. The van der Waals surface area contributed by atoms with Crippen LogP contribution in [0.2, 0.25) is 0 Å². The van der Waals surface area contributed by atoms with Gasteiger partial charge < -0.3 is 36.9 Å². The molecular weight excluding hydrogens is 644 g/mol. The zero-order valence-corrected chi connectivity index (χ0v) is 26.2. The first-order valence-electron chi connectivity index (χ1n) is 13.6. The SMILES string of the molecule is CC(C)(O/N=C(\C(=O)C[C@@H]1C(=O)N2C(C(=O)O)=C(C[n+]3cnc(N)c(NC/C=C/C(=O)CO)c3)CSC12)c1csc(N)n1)C(=O)O. The highest BCUT2D eigenvalue weighted by Crippen LogP contribution is 2.45. The number of ketones is 2. The average Bonchev–Trinajstić information content (AvgIpc) is 3.44. The van der Waals surface area contributed by atoms with Gasteiger partial charge >= 0.3 is 11.9 Å². The van der Waals surface area contributed by atoms with Crippen molar-refractivity contribution in [1.82, 2.24) is 14.9 Å². The summed E-state index contributed by atoms with van der Waals surface area (Å²) in [5.41, 5.74) is 10.3. The van der Waals surface area contributed by atoms with Gasteiger partial charge in [0.25, 0.3) is 12.1 Å². The number of aromatic nitrogens is 3. The van der Waals surface area contributed by atoms with E-state index in [2.05, 4.69) is 20.4 Å². The molecule has 244 valence electrons. The van der Waals surface area contributed by atoms with Crippen molar-refractivity contribution >= 4 is 74.9 Å². The number of nitrogen functional groups attached to an aromatic ring is 2.